The average Bonchev–Trinajstić information content (AvgIpc) is 2.34. The molecule has 1 rings (SSSR count). The topological polar surface area (TPSA) is 32.3 Å². The van der Waals surface area contributed by atoms with Gasteiger partial charge < -0.3 is 10.2 Å². The van der Waals surface area contributed by atoms with E-state index in [1.807, 2.05) is 32.3 Å². The van der Waals surface area contributed by atoms with Crippen molar-refractivity contribution in [3.8, 4) is 0 Å². The first-order valence-corrected chi connectivity index (χ1v) is 5.66. The van der Waals surface area contributed by atoms with Crippen LogP contribution in [-0.2, 0) is 11.2 Å². The maximum atomic E-state index is 11.7. The third-order valence-corrected chi connectivity index (χ3v) is 2.59. The molecule has 0 aromatic heterocycles. The van der Waals surface area contributed by atoms with E-state index in [9.17, 15) is 4.79 Å². The second kappa shape index (κ2) is 7.01. The molecule has 0 bridgehead atoms. The van der Waals surface area contributed by atoms with Crippen LogP contribution < -0.4 is 5.32 Å². The number of hydrogen-bond acceptors (Lipinski definition) is 2. The highest BCUT2D eigenvalue weighted by molar-refractivity contribution is 5.76. The third-order valence-electron chi connectivity index (χ3n) is 2.59. The molecule has 0 spiro atoms. The molecule has 1 aromatic carbocycles. The van der Waals surface area contributed by atoms with Crippen molar-refractivity contribution in [3.63, 3.8) is 0 Å². The van der Waals surface area contributed by atoms with Gasteiger partial charge in [0, 0.05) is 26.6 Å². The van der Waals surface area contributed by atoms with E-state index in [2.05, 4.69) is 17.4 Å². The van der Waals surface area contributed by atoms with Gasteiger partial charge in [-0.2, -0.15) is 0 Å². The van der Waals surface area contributed by atoms with Crippen LogP contribution in [0.4, 0.5) is 0 Å². The van der Waals surface area contributed by atoms with Gasteiger partial charge in [-0.15, -0.1) is 0 Å². The van der Waals surface area contributed by atoms with E-state index in [1.54, 1.807) is 4.90 Å². The van der Waals surface area contributed by atoms with Gasteiger partial charge in [-0.05, 0) is 19.0 Å². The Hall–Kier alpha value is -1.35. The summed E-state index contributed by atoms with van der Waals surface area (Å²) >= 11 is 0. The summed E-state index contributed by atoms with van der Waals surface area (Å²) in [5.41, 5.74) is 1.22. The zero-order valence-electron chi connectivity index (χ0n) is 10.1. The lowest BCUT2D eigenvalue weighted by atomic mass is 10.1. The first kappa shape index (κ1) is 12.7. The predicted octanol–water partition coefficient (Wildman–Crippen LogP) is 1.30. The van der Waals surface area contributed by atoms with Crippen molar-refractivity contribution in [2.24, 2.45) is 0 Å². The summed E-state index contributed by atoms with van der Waals surface area (Å²) in [4.78, 5) is 13.5. The number of nitrogens with one attached hydrogen (secondary N) is 1. The van der Waals surface area contributed by atoms with Crippen LogP contribution in [-0.4, -0.2) is 38.0 Å². The van der Waals surface area contributed by atoms with Crippen LogP contribution in [0.1, 0.15) is 12.0 Å². The standard InChI is InChI=1S/C13H20N2O/c1-14-10-11-15(2)13(16)9-8-12-6-4-3-5-7-12/h3-7,14H,8-11H2,1-2H3. The van der Waals surface area contributed by atoms with Gasteiger partial charge in [0.2, 0.25) is 5.91 Å². The number of carbonyl (C=O) groups excluding carboxylic acids is 1. The lowest BCUT2D eigenvalue weighted by Crippen LogP contribution is -2.32. The number of rotatable bonds is 6. The fourth-order valence-corrected chi connectivity index (χ4v) is 1.49. The summed E-state index contributed by atoms with van der Waals surface area (Å²) in [5.74, 6) is 0.208. The Morgan fingerprint density at radius 1 is 1.31 bits per heavy atom. The summed E-state index contributed by atoms with van der Waals surface area (Å²) < 4.78 is 0. The van der Waals surface area contributed by atoms with E-state index >= 15 is 0 Å². The largest absolute Gasteiger partial charge is 0.344 e. The first-order valence-electron chi connectivity index (χ1n) is 5.66. The minimum Gasteiger partial charge on any atom is -0.344 e. The van der Waals surface area contributed by atoms with Gasteiger partial charge in [0.25, 0.3) is 0 Å². The fraction of sp³-hybridized carbons (Fsp3) is 0.462. The maximum absolute atomic E-state index is 11.7. The summed E-state index contributed by atoms with van der Waals surface area (Å²) in [6, 6.07) is 10.1. The molecule has 0 aliphatic rings. The number of hydrogen-bond donors (Lipinski definition) is 1. The summed E-state index contributed by atoms with van der Waals surface area (Å²) in [6.45, 7) is 1.61. The van der Waals surface area contributed by atoms with Gasteiger partial charge in [0.05, 0.1) is 0 Å². The Morgan fingerprint density at radius 2 is 2.00 bits per heavy atom. The summed E-state index contributed by atoms with van der Waals surface area (Å²) in [6.07, 6.45) is 1.41. The van der Waals surface area contributed by atoms with Crippen molar-refractivity contribution < 1.29 is 4.79 Å². The second-order valence-electron chi connectivity index (χ2n) is 3.90. The van der Waals surface area contributed by atoms with Crippen LogP contribution >= 0.6 is 0 Å². The van der Waals surface area contributed by atoms with E-state index in [1.165, 1.54) is 5.56 Å². The molecule has 88 valence electrons. The minimum absolute atomic E-state index is 0.208. The molecule has 0 unspecified atom stereocenters. The fourth-order valence-electron chi connectivity index (χ4n) is 1.49. The molecule has 1 aromatic rings. The second-order valence-corrected chi connectivity index (χ2v) is 3.90. The highest BCUT2D eigenvalue weighted by Gasteiger charge is 2.07. The van der Waals surface area contributed by atoms with Gasteiger partial charge in [-0.25, -0.2) is 0 Å². The number of likely N-dealkylation sites (N-methyl/N-ethyl adjacent to an activating group) is 2. The maximum Gasteiger partial charge on any atom is 0.222 e. The molecule has 0 aliphatic heterocycles. The zero-order valence-corrected chi connectivity index (χ0v) is 10.1. The summed E-state index contributed by atoms with van der Waals surface area (Å²) in [7, 11) is 3.74. The van der Waals surface area contributed by atoms with Gasteiger partial charge >= 0.3 is 0 Å². The molecular weight excluding hydrogens is 200 g/mol. The van der Waals surface area contributed by atoms with Crippen LogP contribution in [0.25, 0.3) is 0 Å². The molecule has 1 N–H and O–H groups in total. The Balaban J connectivity index is 2.29. The molecule has 0 radical (unpaired) electrons. The highest BCUT2D eigenvalue weighted by Crippen LogP contribution is 2.03. The van der Waals surface area contributed by atoms with Crippen LogP contribution in [0.2, 0.25) is 0 Å². The van der Waals surface area contributed by atoms with Crippen LogP contribution in [0.3, 0.4) is 0 Å². The normalized spacial score (nSPS) is 10.1. The van der Waals surface area contributed by atoms with Crippen molar-refractivity contribution >= 4 is 5.91 Å². The minimum atomic E-state index is 0.208. The number of carbonyl (C=O) groups is 1. The molecule has 0 aliphatic carbocycles. The molecule has 0 saturated heterocycles. The molecule has 0 atom stereocenters. The average molecular weight is 220 g/mol. The third kappa shape index (κ3) is 4.45. The quantitative estimate of drug-likeness (QED) is 0.783. The highest BCUT2D eigenvalue weighted by atomic mass is 16.2. The van der Waals surface area contributed by atoms with E-state index in [-0.39, 0.29) is 5.91 Å². The van der Waals surface area contributed by atoms with Gasteiger partial charge in [0.1, 0.15) is 0 Å². The summed E-state index contributed by atoms with van der Waals surface area (Å²) in [5, 5.41) is 3.03. The van der Waals surface area contributed by atoms with Crippen molar-refractivity contribution in [2.75, 3.05) is 27.2 Å². The van der Waals surface area contributed by atoms with Crippen LogP contribution in [0.15, 0.2) is 30.3 Å². The number of nitrogens with zero attached hydrogens (tertiary/aromatic N) is 1. The molecule has 3 nitrogen and oxygen atoms in total. The number of aryl methyl sites for hydroxylation is 1. The SMILES string of the molecule is CNCCN(C)C(=O)CCc1ccccc1. The molecule has 0 saturated carbocycles. The van der Waals surface area contributed by atoms with Gasteiger partial charge in [0.15, 0.2) is 0 Å². The number of benzene rings is 1. The molecule has 16 heavy (non-hydrogen) atoms. The van der Waals surface area contributed by atoms with Crippen molar-refractivity contribution in [1.29, 1.82) is 0 Å². The van der Waals surface area contributed by atoms with Crippen molar-refractivity contribution in [1.82, 2.24) is 10.2 Å². The van der Waals surface area contributed by atoms with Crippen molar-refractivity contribution in [2.45, 2.75) is 12.8 Å². The molecule has 0 fully saturated rings. The smallest absolute Gasteiger partial charge is 0.222 e. The monoisotopic (exact) mass is 220 g/mol. The molecule has 1 amide bonds. The van der Waals surface area contributed by atoms with E-state index in [0.29, 0.717) is 6.42 Å². The first-order chi connectivity index (χ1) is 7.74. The van der Waals surface area contributed by atoms with E-state index < -0.39 is 0 Å². The Labute approximate surface area is 97.5 Å². The Morgan fingerprint density at radius 3 is 2.62 bits per heavy atom. The molecule has 3 heteroatoms. The molecule has 0 heterocycles. The Bertz CT molecular complexity index is 311. The number of amides is 1. The lowest BCUT2D eigenvalue weighted by Gasteiger charge is -2.16. The lowest BCUT2D eigenvalue weighted by molar-refractivity contribution is -0.129. The Kier molecular flexibility index (Phi) is 5.57. The van der Waals surface area contributed by atoms with Crippen LogP contribution in [0, 0.1) is 0 Å². The predicted molar refractivity (Wildman–Crippen MR) is 66.3 cm³/mol. The van der Waals surface area contributed by atoms with E-state index in [4.69, 9.17) is 0 Å². The van der Waals surface area contributed by atoms with Gasteiger partial charge in [-0.1, -0.05) is 30.3 Å². The van der Waals surface area contributed by atoms with Crippen LogP contribution in [0.5, 0.6) is 0 Å². The molecular formula is C13H20N2O. The zero-order chi connectivity index (χ0) is 11.8. The van der Waals surface area contributed by atoms with E-state index in [0.717, 1.165) is 19.5 Å². The van der Waals surface area contributed by atoms with Gasteiger partial charge in [-0.3, -0.25) is 4.79 Å². The van der Waals surface area contributed by atoms with Crippen molar-refractivity contribution in [3.05, 3.63) is 35.9 Å².